The standard InChI is InChI=1S/C24H29N5O/c1-18-8-10-19(11-9-18)23-27-21(17-30-23)12-14-26-24(25-2)28-20-13-15-29(16-20)22-6-4-3-5-7-22/h3-11,17,20H,12-16H2,1-2H3,(H2,25,26,28). The number of anilines is 1. The van der Waals surface area contributed by atoms with Crippen LogP contribution in [0.3, 0.4) is 0 Å². The minimum Gasteiger partial charge on any atom is -0.444 e. The molecule has 1 aromatic heterocycles. The number of benzene rings is 2. The van der Waals surface area contributed by atoms with Gasteiger partial charge in [-0.2, -0.15) is 0 Å². The first-order valence-electron chi connectivity index (χ1n) is 10.5. The third-order valence-corrected chi connectivity index (χ3v) is 5.40. The number of para-hydroxylation sites is 1. The van der Waals surface area contributed by atoms with E-state index in [1.54, 1.807) is 6.26 Å². The normalized spacial score (nSPS) is 16.7. The van der Waals surface area contributed by atoms with Crippen LogP contribution in [-0.2, 0) is 6.42 Å². The Morgan fingerprint density at radius 1 is 1.17 bits per heavy atom. The first-order valence-corrected chi connectivity index (χ1v) is 10.5. The summed E-state index contributed by atoms with van der Waals surface area (Å²) in [4.78, 5) is 11.4. The number of aryl methyl sites for hydroxylation is 1. The topological polar surface area (TPSA) is 65.7 Å². The van der Waals surface area contributed by atoms with E-state index in [0.717, 1.165) is 49.7 Å². The van der Waals surface area contributed by atoms with E-state index < -0.39 is 0 Å². The Morgan fingerprint density at radius 3 is 2.73 bits per heavy atom. The molecular weight excluding hydrogens is 374 g/mol. The van der Waals surface area contributed by atoms with Crippen LogP contribution in [0, 0.1) is 6.92 Å². The number of nitrogens with one attached hydrogen (secondary N) is 2. The van der Waals surface area contributed by atoms with Crippen LogP contribution < -0.4 is 15.5 Å². The zero-order valence-corrected chi connectivity index (χ0v) is 17.6. The molecule has 4 rings (SSSR count). The third kappa shape index (κ3) is 5.00. The largest absolute Gasteiger partial charge is 0.444 e. The highest BCUT2D eigenvalue weighted by Gasteiger charge is 2.23. The average molecular weight is 404 g/mol. The summed E-state index contributed by atoms with van der Waals surface area (Å²) in [6.45, 7) is 4.85. The fourth-order valence-corrected chi connectivity index (χ4v) is 3.70. The molecule has 1 aliphatic heterocycles. The van der Waals surface area contributed by atoms with Gasteiger partial charge in [-0.1, -0.05) is 35.9 Å². The van der Waals surface area contributed by atoms with Crippen molar-refractivity contribution in [1.29, 1.82) is 0 Å². The lowest BCUT2D eigenvalue weighted by Crippen LogP contribution is -2.45. The highest BCUT2D eigenvalue weighted by Crippen LogP contribution is 2.20. The monoisotopic (exact) mass is 403 g/mol. The zero-order chi connectivity index (χ0) is 20.8. The van der Waals surface area contributed by atoms with Gasteiger partial charge in [-0.3, -0.25) is 4.99 Å². The first-order chi connectivity index (χ1) is 14.7. The number of rotatable bonds is 6. The van der Waals surface area contributed by atoms with Crippen LogP contribution in [0.5, 0.6) is 0 Å². The molecule has 0 saturated carbocycles. The number of oxazole rings is 1. The molecular formula is C24H29N5O. The lowest BCUT2D eigenvalue weighted by molar-refractivity contribution is 0.572. The molecule has 2 aromatic carbocycles. The molecule has 0 aliphatic carbocycles. The Labute approximate surface area is 178 Å². The molecule has 3 aromatic rings. The van der Waals surface area contributed by atoms with Crippen LogP contribution >= 0.6 is 0 Å². The predicted octanol–water partition coefficient (Wildman–Crippen LogP) is 3.64. The highest BCUT2D eigenvalue weighted by molar-refractivity contribution is 5.80. The minimum absolute atomic E-state index is 0.386. The second-order valence-electron chi connectivity index (χ2n) is 7.67. The van der Waals surface area contributed by atoms with Gasteiger partial charge < -0.3 is 20.0 Å². The van der Waals surface area contributed by atoms with Crippen molar-refractivity contribution in [2.45, 2.75) is 25.8 Å². The van der Waals surface area contributed by atoms with Gasteiger partial charge in [0.2, 0.25) is 5.89 Å². The summed E-state index contributed by atoms with van der Waals surface area (Å²) in [5, 5.41) is 6.94. The molecule has 30 heavy (non-hydrogen) atoms. The van der Waals surface area contributed by atoms with Crippen LogP contribution in [0.4, 0.5) is 5.69 Å². The quantitative estimate of drug-likeness (QED) is 0.486. The molecule has 6 heteroatoms. The summed E-state index contributed by atoms with van der Waals surface area (Å²) in [5.41, 5.74) is 4.44. The van der Waals surface area contributed by atoms with Gasteiger partial charge in [-0.05, 0) is 37.6 Å². The molecule has 156 valence electrons. The molecule has 0 radical (unpaired) electrons. The second-order valence-corrected chi connectivity index (χ2v) is 7.67. The van der Waals surface area contributed by atoms with E-state index in [2.05, 4.69) is 74.9 Å². The van der Waals surface area contributed by atoms with E-state index in [-0.39, 0.29) is 0 Å². The number of guanidine groups is 1. The van der Waals surface area contributed by atoms with Gasteiger partial charge >= 0.3 is 0 Å². The predicted molar refractivity (Wildman–Crippen MR) is 122 cm³/mol. The summed E-state index contributed by atoms with van der Waals surface area (Å²) < 4.78 is 5.65. The smallest absolute Gasteiger partial charge is 0.226 e. The van der Waals surface area contributed by atoms with E-state index >= 15 is 0 Å². The molecule has 1 atom stereocenters. The fraction of sp³-hybridized carbons (Fsp3) is 0.333. The van der Waals surface area contributed by atoms with Crippen LogP contribution in [0.2, 0.25) is 0 Å². The average Bonchev–Trinajstić information content (AvgIpc) is 3.44. The van der Waals surface area contributed by atoms with Crippen LogP contribution in [0.25, 0.3) is 11.5 Å². The molecule has 1 unspecified atom stereocenters. The summed E-state index contributed by atoms with van der Waals surface area (Å²) in [7, 11) is 1.81. The summed E-state index contributed by atoms with van der Waals surface area (Å²) in [5.74, 6) is 1.50. The van der Waals surface area contributed by atoms with Crippen molar-refractivity contribution in [2.75, 3.05) is 31.6 Å². The van der Waals surface area contributed by atoms with Crippen molar-refractivity contribution in [3.63, 3.8) is 0 Å². The van der Waals surface area contributed by atoms with Gasteiger partial charge in [0.25, 0.3) is 0 Å². The van der Waals surface area contributed by atoms with Gasteiger partial charge in [0.05, 0.1) is 5.69 Å². The molecule has 2 heterocycles. The maximum atomic E-state index is 5.65. The van der Waals surface area contributed by atoms with E-state index in [1.807, 2.05) is 19.2 Å². The Bertz CT molecular complexity index is 965. The summed E-state index contributed by atoms with van der Waals surface area (Å²) >= 11 is 0. The van der Waals surface area contributed by atoms with E-state index in [9.17, 15) is 0 Å². The van der Waals surface area contributed by atoms with Crippen molar-refractivity contribution >= 4 is 11.6 Å². The Morgan fingerprint density at radius 2 is 1.97 bits per heavy atom. The SMILES string of the molecule is CN=C(NCCc1coc(-c2ccc(C)cc2)n1)NC1CCN(c2ccccc2)C1. The highest BCUT2D eigenvalue weighted by atomic mass is 16.3. The molecule has 0 bridgehead atoms. The van der Waals surface area contributed by atoms with Gasteiger partial charge in [-0.25, -0.2) is 4.98 Å². The fourth-order valence-electron chi connectivity index (χ4n) is 3.70. The Kier molecular flexibility index (Phi) is 6.32. The van der Waals surface area contributed by atoms with Gasteiger partial charge in [-0.15, -0.1) is 0 Å². The molecule has 1 fully saturated rings. The number of hydrogen-bond donors (Lipinski definition) is 2. The van der Waals surface area contributed by atoms with E-state index in [0.29, 0.717) is 11.9 Å². The van der Waals surface area contributed by atoms with Gasteiger partial charge in [0, 0.05) is 50.4 Å². The lowest BCUT2D eigenvalue weighted by atomic mass is 10.1. The minimum atomic E-state index is 0.386. The Hall–Kier alpha value is -3.28. The molecule has 2 N–H and O–H groups in total. The molecule has 6 nitrogen and oxygen atoms in total. The number of nitrogens with zero attached hydrogens (tertiary/aromatic N) is 3. The summed E-state index contributed by atoms with van der Waals surface area (Å²) in [6, 6.07) is 19.2. The van der Waals surface area contributed by atoms with Crippen molar-refractivity contribution in [2.24, 2.45) is 4.99 Å². The van der Waals surface area contributed by atoms with Crippen molar-refractivity contribution < 1.29 is 4.42 Å². The number of hydrogen-bond acceptors (Lipinski definition) is 4. The van der Waals surface area contributed by atoms with E-state index in [1.165, 1.54) is 11.3 Å². The van der Waals surface area contributed by atoms with Crippen molar-refractivity contribution in [3.05, 3.63) is 72.1 Å². The lowest BCUT2D eigenvalue weighted by Gasteiger charge is -2.20. The van der Waals surface area contributed by atoms with Crippen molar-refractivity contribution in [3.8, 4) is 11.5 Å². The van der Waals surface area contributed by atoms with Crippen molar-refractivity contribution in [1.82, 2.24) is 15.6 Å². The molecule has 0 spiro atoms. The zero-order valence-electron chi connectivity index (χ0n) is 17.6. The van der Waals surface area contributed by atoms with Crippen LogP contribution in [0.1, 0.15) is 17.7 Å². The van der Waals surface area contributed by atoms with Crippen LogP contribution in [-0.4, -0.2) is 43.7 Å². The van der Waals surface area contributed by atoms with E-state index in [4.69, 9.17) is 4.42 Å². The number of aliphatic imine (C=N–C) groups is 1. The maximum absolute atomic E-state index is 5.65. The second kappa shape index (κ2) is 9.48. The van der Waals surface area contributed by atoms with Gasteiger partial charge in [0.15, 0.2) is 5.96 Å². The first kappa shape index (κ1) is 20.0. The summed E-state index contributed by atoms with van der Waals surface area (Å²) in [6.07, 6.45) is 3.61. The Balaban J connectivity index is 1.24. The number of aromatic nitrogens is 1. The molecule has 1 saturated heterocycles. The van der Waals surface area contributed by atoms with Crippen LogP contribution in [0.15, 0.2) is 70.3 Å². The molecule has 1 aliphatic rings. The third-order valence-electron chi connectivity index (χ3n) is 5.40. The molecule has 0 amide bonds. The van der Waals surface area contributed by atoms with Gasteiger partial charge in [0.1, 0.15) is 6.26 Å². The maximum Gasteiger partial charge on any atom is 0.226 e.